The highest BCUT2D eigenvalue weighted by molar-refractivity contribution is 6.31. The molecule has 0 aliphatic carbocycles. The summed E-state index contributed by atoms with van der Waals surface area (Å²) in [6.45, 7) is 18.3. The van der Waals surface area contributed by atoms with E-state index in [2.05, 4.69) is 54.5 Å². The van der Waals surface area contributed by atoms with E-state index in [1.165, 1.54) is 6.33 Å². The number of rotatable bonds is 18. The molecule has 0 spiro atoms. The number of hydrogen-bond donors (Lipinski definition) is 4. The molecule has 0 radical (unpaired) electrons. The standard InChI is InChI=1S/C30H41N7O3.C13H11ClO.C7H12N2O2.C2H6.CH2O/c1-21(13-26(5-4-8-31-3)35-30-28-25(19-40)15-32-29(28)33-20-34-30)22(2)16-36-9-11-37(12-10-36)27-7-6-23(17-38)24(14-27)18-39;1-10-7-8-12(9-13(10)14)15-11-5-3-2-4-6-11;1-9(2)5-3-4-6(10)8-7(5)11;2*1-2/h6-7,14-15,17-22,26,31H,4-5,8-13,16H2,1-3H3,(H2,32,33,34,35);2-9H,1H3;5H,3-4H2,1-2H3,(H,8,10,11);1-2H3;1H2. The predicted octanol–water partition coefficient (Wildman–Crippen LogP) is 8.30. The Balaban J connectivity index is 0.000000349. The summed E-state index contributed by atoms with van der Waals surface area (Å²) < 4.78 is 5.63. The number of ether oxygens (including phenoxy) is 1. The summed E-state index contributed by atoms with van der Waals surface area (Å²) in [5.41, 5.74) is 4.14. The average molecular weight is 983 g/mol. The molecule has 3 aromatic carbocycles. The van der Waals surface area contributed by atoms with Gasteiger partial charge in [-0.05, 0) is 120 Å². The van der Waals surface area contributed by atoms with Crippen molar-refractivity contribution in [1.82, 2.24) is 35.4 Å². The topological polar surface area (TPSA) is 199 Å². The van der Waals surface area contributed by atoms with Gasteiger partial charge in [0.15, 0.2) is 18.9 Å². The molecule has 4 atom stereocenters. The van der Waals surface area contributed by atoms with Gasteiger partial charge in [-0.1, -0.05) is 63.6 Å². The van der Waals surface area contributed by atoms with Crippen molar-refractivity contribution in [3.8, 4) is 11.5 Å². The number of nitrogens with zero attached hydrogens (tertiary/aromatic N) is 5. The fourth-order valence-electron chi connectivity index (χ4n) is 8.02. The number of imide groups is 1. The maximum atomic E-state index is 11.6. The van der Waals surface area contributed by atoms with Gasteiger partial charge in [-0.2, -0.15) is 0 Å². The summed E-state index contributed by atoms with van der Waals surface area (Å²) in [6, 6.07) is 20.9. The molecule has 0 saturated carbocycles. The number of aromatic amines is 1. The van der Waals surface area contributed by atoms with Crippen LogP contribution in [0.2, 0.25) is 5.02 Å². The van der Waals surface area contributed by atoms with Gasteiger partial charge in [0.25, 0.3) is 0 Å². The largest absolute Gasteiger partial charge is 0.457 e. The Hall–Kier alpha value is -6.33. The second kappa shape index (κ2) is 31.0. The van der Waals surface area contributed by atoms with E-state index in [0.717, 1.165) is 111 Å². The number of carbonyl (C=O) groups excluding carboxylic acids is 6. The number of nitrogens with one attached hydrogen (secondary N) is 4. The minimum atomic E-state index is -0.175. The first kappa shape index (κ1) is 58.0. The third kappa shape index (κ3) is 17.9. The molecule has 0 bridgehead atoms. The minimum absolute atomic E-state index is 0.132. The Labute approximate surface area is 418 Å². The molecular weight excluding hydrogens is 910 g/mol. The summed E-state index contributed by atoms with van der Waals surface area (Å²) in [4.78, 5) is 82.3. The van der Waals surface area contributed by atoms with Crippen LogP contribution in [-0.2, 0) is 14.4 Å². The van der Waals surface area contributed by atoms with Crippen LogP contribution in [0, 0.1) is 18.8 Å². The van der Waals surface area contributed by atoms with Crippen LogP contribution in [0.4, 0.5) is 11.5 Å². The highest BCUT2D eigenvalue weighted by atomic mass is 35.5. The van der Waals surface area contributed by atoms with Crippen molar-refractivity contribution in [1.29, 1.82) is 0 Å². The molecule has 4 N–H and O–H groups in total. The zero-order valence-electron chi connectivity index (χ0n) is 42.0. The van der Waals surface area contributed by atoms with Gasteiger partial charge in [0.05, 0.1) is 11.4 Å². The van der Waals surface area contributed by atoms with E-state index in [9.17, 15) is 24.0 Å². The number of piperazine rings is 1. The number of aldehydes is 3. The molecule has 2 amide bonds. The third-order valence-corrected chi connectivity index (χ3v) is 12.5. The fourth-order valence-corrected chi connectivity index (χ4v) is 8.19. The predicted molar refractivity (Wildman–Crippen MR) is 280 cm³/mol. The molecule has 7 rings (SSSR count). The maximum Gasteiger partial charge on any atom is 0.243 e. The molecule has 16 nitrogen and oxygen atoms in total. The van der Waals surface area contributed by atoms with Crippen molar-refractivity contribution in [3.05, 3.63) is 107 Å². The summed E-state index contributed by atoms with van der Waals surface area (Å²) >= 11 is 6.00. The number of fused-ring (bicyclic) bond motifs is 1. The van der Waals surface area contributed by atoms with Crippen LogP contribution < -0.4 is 25.6 Å². The lowest BCUT2D eigenvalue weighted by Crippen LogP contribution is -2.50. The molecule has 17 heteroatoms. The molecule has 2 aromatic heterocycles. The summed E-state index contributed by atoms with van der Waals surface area (Å²) in [6.07, 6.45) is 9.65. The molecular formula is C53H72ClN9O7. The lowest BCUT2D eigenvalue weighted by Gasteiger charge is -2.38. The molecule has 4 heterocycles. The molecule has 4 unspecified atom stereocenters. The SMILES string of the molecule is C=O.CC.CN(C)C1CCC(=O)NC1=O.CNCCCC(CC(C)C(C)CN1CCN(c2ccc(C=O)c(C=O)c2)CC1)Nc1ncnc2[nH]cc(C=O)c12.Cc1ccc(Oc2ccccc2)cc1Cl. The van der Waals surface area contributed by atoms with E-state index in [-0.39, 0.29) is 23.9 Å². The van der Waals surface area contributed by atoms with Crippen LogP contribution in [-0.4, -0.2) is 135 Å². The Bertz CT molecular complexity index is 2390. The summed E-state index contributed by atoms with van der Waals surface area (Å²) in [5, 5.41) is 10.7. The van der Waals surface area contributed by atoms with Crippen molar-refractivity contribution < 1.29 is 33.5 Å². The molecule has 378 valence electrons. The number of para-hydroxylation sites is 1. The molecule has 5 aromatic rings. The van der Waals surface area contributed by atoms with Crippen molar-refractivity contribution in [2.24, 2.45) is 11.8 Å². The molecule has 2 fully saturated rings. The molecule has 2 aliphatic heterocycles. The quantitative estimate of drug-likeness (QED) is 0.0371. The van der Waals surface area contributed by atoms with E-state index >= 15 is 0 Å². The average Bonchev–Trinajstić information content (AvgIpc) is 3.81. The Morgan fingerprint density at radius 1 is 0.886 bits per heavy atom. The van der Waals surface area contributed by atoms with Crippen LogP contribution in [0.1, 0.15) is 96.4 Å². The first-order valence-electron chi connectivity index (χ1n) is 23.8. The summed E-state index contributed by atoms with van der Waals surface area (Å²) in [7, 11) is 5.64. The zero-order chi connectivity index (χ0) is 51.6. The molecule has 2 saturated heterocycles. The number of carbonyl (C=O) groups is 6. The van der Waals surface area contributed by atoms with Gasteiger partial charge in [-0.3, -0.25) is 39.1 Å². The number of halogens is 1. The minimum Gasteiger partial charge on any atom is -0.457 e. The number of hydrogen-bond acceptors (Lipinski definition) is 14. The fraction of sp³-hybridized carbons (Fsp3) is 0.434. The number of aryl methyl sites for hydroxylation is 1. The Morgan fingerprint density at radius 3 is 2.19 bits per heavy atom. The maximum absolute atomic E-state index is 11.6. The molecule has 2 aliphatic rings. The van der Waals surface area contributed by atoms with Crippen molar-refractivity contribution in [2.75, 3.05) is 70.6 Å². The van der Waals surface area contributed by atoms with Gasteiger partial charge in [0.1, 0.15) is 36.1 Å². The number of amides is 2. The number of anilines is 2. The third-order valence-electron chi connectivity index (χ3n) is 12.1. The Kier molecular flexibility index (Phi) is 25.7. The highest BCUT2D eigenvalue weighted by Gasteiger charge is 2.28. The number of likely N-dealkylation sites (N-methyl/N-ethyl adjacent to an activating group) is 1. The van der Waals surface area contributed by atoms with E-state index in [1.807, 2.05) is 114 Å². The normalized spacial score (nSPS) is 15.7. The monoisotopic (exact) mass is 982 g/mol. The first-order chi connectivity index (χ1) is 33.8. The van der Waals surface area contributed by atoms with Crippen molar-refractivity contribution >= 4 is 71.6 Å². The Morgan fingerprint density at radius 2 is 1.57 bits per heavy atom. The second-order valence-electron chi connectivity index (χ2n) is 17.2. The lowest BCUT2D eigenvalue weighted by atomic mass is 9.87. The van der Waals surface area contributed by atoms with Gasteiger partial charge < -0.3 is 30.0 Å². The van der Waals surface area contributed by atoms with Gasteiger partial charge in [0.2, 0.25) is 11.8 Å². The second-order valence-corrected chi connectivity index (χ2v) is 17.6. The highest BCUT2D eigenvalue weighted by Crippen LogP contribution is 2.29. The van der Waals surface area contributed by atoms with Crippen LogP contribution in [0.3, 0.4) is 0 Å². The van der Waals surface area contributed by atoms with Crippen LogP contribution in [0.5, 0.6) is 11.5 Å². The van der Waals surface area contributed by atoms with Crippen LogP contribution in [0.25, 0.3) is 11.0 Å². The summed E-state index contributed by atoms with van der Waals surface area (Å²) in [5.74, 6) is 2.92. The smallest absolute Gasteiger partial charge is 0.243 e. The van der Waals surface area contributed by atoms with Gasteiger partial charge in [-0.15, -0.1) is 0 Å². The first-order valence-corrected chi connectivity index (χ1v) is 24.2. The number of piperidine rings is 1. The van der Waals surface area contributed by atoms with E-state index in [0.29, 0.717) is 52.8 Å². The number of H-pyrrole nitrogens is 1. The van der Waals surface area contributed by atoms with Crippen LogP contribution in [0.15, 0.2) is 79.3 Å². The number of aromatic nitrogens is 3. The van der Waals surface area contributed by atoms with E-state index in [1.54, 1.807) is 12.3 Å². The van der Waals surface area contributed by atoms with Gasteiger partial charge in [0, 0.05) is 78.8 Å². The lowest BCUT2D eigenvalue weighted by molar-refractivity contribution is -0.136. The van der Waals surface area contributed by atoms with Crippen LogP contribution >= 0.6 is 11.6 Å². The molecule has 70 heavy (non-hydrogen) atoms. The van der Waals surface area contributed by atoms with Crippen molar-refractivity contribution in [2.45, 2.75) is 78.8 Å². The van der Waals surface area contributed by atoms with E-state index < -0.39 is 0 Å². The van der Waals surface area contributed by atoms with Gasteiger partial charge in [-0.25, -0.2) is 9.97 Å². The zero-order valence-corrected chi connectivity index (χ0v) is 42.8. The van der Waals surface area contributed by atoms with Gasteiger partial charge >= 0.3 is 0 Å². The van der Waals surface area contributed by atoms with Crippen molar-refractivity contribution in [3.63, 3.8) is 0 Å². The number of benzene rings is 3. The van der Waals surface area contributed by atoms with E-state index in [4.69, 9.17) is 21.1 Å².